The lowest BCUT2D eigenvalue weighted by atomic mass is 10.2. The van der Waals surface area contributed by atoms with Crippen LogP contribution in [0.3, 0.4) is 0 Å². The summed E-state index contributed by atoms with van der Waals surface area (Å²) < 4.78 is 51.4. The first-order chi connectivity index (χ1) is 9.81. The molecule has 0 heterocycles. The van der Waals surface area contributed by atoms with Gasteiger partial charge >= 0.3 is 5.97 Å². The molecule has 4 nitrogen and oxygen atoms in total. The van der Waals surface area contributed by atoms with E-state index in [1.807, 2.05) is 0 Å². The highest BCUT2D eigenvalue weighted by atomic mass is 32.2. The zero-order valence-corrected chi connectivity index (χ0v) is 11.4. The Labute approximate surface area is 119 Å². The first kappa shape index (κ1) is 15.1. The average Bonchev–Trinajstić information content (AvgIpc) is 2.41. The summed E-state index contributed by atoms with van der Waals surface area (Å²) in [5, 5.41) is 8.80. The number of aromatic carboxylic acids is 1. The molecule has 0 aliphatic rings. The molecular weight excluding hydrogens is 302 g/mol. The fourth-order valence-corrected chi connectivity index (χ4v) is 3.25. The summed E-state index contributed by atoms with van der Waals surface area (Å²) in [6, 6.07) is 9.00. The van der Waals surface area contributed by atoms with Gasteiger partial charge in [-0.25, -0.2) is 22.0 Å². The van der Waals surface area contributed by atoms with Gasteiger partial charge in [0.25, 0.3) is 0 Å². The van der Waals surface area contributed by atoms with E-state index >= 15 is 0 Å². The Morgan fingerprint density at radius 3 is 2.29 bits per heavy atom. The molecule has 2 rings (SSSR count). The van der Waals surface area contributed by atoms with Gasteiger partial charge in [-0.2, -0.15) is 0 Å². The minimum absolute atomic E-state index is 0.387. The van der Waals surface area contributed by atoms with E-state index in [0.29, 0.717) is 17.7 Å². The number of benzene rings is 2. The Morgan fingerprint density at radius 2 is 1.71 bits per heavy atom. The number of sulfone groups is 1. The second kappa shape index (κ2) is 5.61. The third-order valence-corrected chi connectivity index (χ3v) is 4.46. The fraction of sp³-hybridized carbons (Fsp3) is 0.0714. The molecule has 2 aromatic carbocycles. The molecule has 0 aliphatic carbocycles. The predicted octanol–water partition coefficient (Wildman–Crippen LogP) is 2.64. The van der Waals surface area contributed by atoms with Gasteiger partial charge in [0, 0.05) is 0 Å². The maximum atomic E-state index is 13.7. The minimum atomic E-state index is -4.20. The lowest BCUT2D eigenvalue weighted by molar-refractivity contribution is 0.0696. The number of rotatable bonds is 4. The summed E-state index contributed by atoms with van der Waals surface area (Å²) in [6.45, 7) is 0. The Kier molecular flexibility index (Phi) is 4.04. The van der Waals surface area contributed by atoms with Gasteiger partial charge in [-0.3, -0.25) is 0 Å². The molecule has 110 valence electrons. The lowest BCUT2D eigenvalue weighted by Crippen LogP contribution is -2.11. The van der Waals surface area contributed by atoms with E-state index in [-0.39, 0.29) is 0 Å². The third-order valence-electron chi connectivity index (χ3n) is 2.78. The first-order valence-electron chi connectivity index (χ1n) is 5.80. The number of hydrogen-bond donors (Lipinski definition) is 1. The molecule has 0 spiro atoms. The molecule has 0 bridgehead atoms. The smallest absolute Gasteiger partial charge is 0.335 e. The van der Waals surface area contributed by atoms with Crippen molar-refractivity contribution in [2.45, 2.75) is 10.6 Å². The third kappa shape index (κ3) is 3.25. The van der Waals surface area contributed by atoms with E-state index in [1.54, 1.807) is 18.2 Å². The second-order valence-electron chi connectivity index (χ2n) is 4.32. The summed E-state index contributed by atoms with van der Waals surface area (Å²) in [4.78, 5) is 9.86. The normalized spacial score (nSPS) is 11.3. The molecule has 0 saturated carbocycles. The lowest BCUT2D eigenvalue weighted by Gasteiger charge is -2.08. The summed E-state index contributed by atoms with van der Waals surface area (Å²) >= 11 is 0. The molecular formula is C14H10F2O4S. The largest absolute Gasteiger partial charge is 0.478 e. The summed E-state index contributed by atoms with van der Waals surface area (Å²) in [6.07, 6.45) is 0. The maximum Gasteiger partial charge on any atom is 0.335 e. The van der Waals surface area contributed by atoms with Crippen LogP contribution in [0, 0.1) is 11.6 Å². The van der Waals surface area contributed by atoms with Crippen molar-refractivity contribution in [2.75, 3.05) is 0 Å². The summed E-state index contributed by atoms with van der Waals surface area (Å²) in [7, 11) is -4.20. The SMILES string of the molecule is O=C(O)c1cc(F)c(F)c(S(=O)(=O)Cc2ccccc2)c1. The van der Waals surface area contributed by atoms with Gasteiger partial charge in [-0.15, -0.1) is 0 Å². The molecule has 0 radical (unpaired) electrons. The molecule has 2 aromatic rings. The number of halogens is 2. The zero-order valence-electron chi connectivity index (χ0n) is 10.6. The summed E-state index contributed by atoms with van der Waals surface area (Å²) in [5.41, 5.74) is -0.237. The standard InChI is InChI=1S/C14H10F2O4S/c15-11-6-10(14(17)18)7-12(13(11)16)21(19,20)8-9-4-2-1-3-5-9/h1-7H,8H2,(H,17,18). The van der Waals surface area contributed by atoms with Gasteiger partial charge < -0.3 is 5.11 Å². The molecule has 0 amide bonds. The Balaban J connectivity index is 2.52. The molecule has 21 heavy (non-hydrogen) atoms. The zero-order chi connectivity index (χ0) is 15.6. The predicted molar refractivity (Wildman–Crippen MR) is 70.6 cm³/mol. The van der Waals surface area contributed by atoms with E-state index in [1.165, 1.54) is 12.1 Å². The molecule has 0 saturated heterocycles. The fourth-order valence-electron chi connectivity index (χ4n) is 1.79. The second-order valence-corrected chi connectivity index (χ2v) is 6.28. The Morgan fingerprint density at radius 1 is 1.10 bits per heavy atom. The molecule has 0 fully saturated rings. The van der Waals surface area contributed by atoms with Gasteiger partial charge in [0.2, 0.25) is 0 Å². The van der Waals surface area contributed by atoms with Crippen molar-refractivity contribution in [1.29, 1.82) is 0 Å². The highest BCUT2D eigenvalue weighted by Gasteiger charge is 2.25. The molecule has 7 heteroatoms. The molecule has 0 atom stereocenters. The number of carboxylic acids is 1. The van der Waals surface area contributed by atoms with Crippen molar-refractivity contribution in [2.24, 2.45) is 0 Å². The van der Waals surface area contributed by atoms with Crippen LogP contribution in [0.1, 0.15) is 15.9 Å². The quantitative estimate of drug-likeness (QED) is 0.942. The monoisotopic (exact) mass is 312 g/mol. The van der Waals surface area contributed by atoms with Crippen LogP contribution >= 0.6 is 0 Å². The molecule has 0 aromatic heterocycles. The van der Waals surface area contributed by atoms with Crippen LogP contribution in [0.5, 0.6) is 0 Å². The van der Waals surface area contributed by atoms with Crippen LogP contribution in [0.2, 0.25) is 0 Å². The Hall–Kier alpha value is -2.28. The summed E-state index contributed by atoms with van der Waals surface area (Å²) in [5.74, 6) is -5.17. The minimum Gasteiger partial charge on any atom is -0.478 e. The van der Waals surface area contributed by atoms with Crippen molar-refractivity contribution in [1.82, 2.24) is 0 Å². The van der Waals surface area contributed by atoms with E-state index in [9.17, 15) is 22.0 Å². The van der Waals surface area contributed by atoms with Gasteiger partial charge in [-0.1, -0.05) is 30.3 Å². The van der Waals surface area contributed by atoms with E-state index in [0.717, 1.165) is 0 Å². The van der Waals surface area contributed by atoms with Crippen molar-refractivity contribution in [3.63, 3.8) is 0 Å². The topological polar surface area (TPSA) is 71.4 Å². The van der Waals surface area contributed by atoms with Crippen LogP contribution in [0.15, 0.2) is 47.4 Å². The van der Waals surface area contributed by atoms with E-state index in [2.05, 4.69) is 0 Å². The highest BCUT2D eigenvalue weighted by Crippen LogP contribution is 2.23. The van der Waals surface area contributed by atoms with Crippen molar-refractivity contribution < 1.29 is 27.1 Å². The molecule has 0 unspecified atom stereocenters. The van der Waals surface area contributed by atoms with E-state index in [4.69, 9.17) is 5.11 Å². The van der Waals surface area contributed by atoms with Gasteiger partial charge in [-0.05, 0) is 17.7 Å². The first-order valence-corrected chi connectivity index (χ1v) is 7.45. The van der Waals surface area contributed by atoms with Gasteiger partial charge in [0.15, 0.2) is 21.5 Å². The van der Waals surface area contributed by atoms with Crippen molar-refractivity contribution in [3.8, 4) is 0 Å². The van der Waals surface area contributed by atoms with Gasteiger partial charge in [0.1, 0.15) is 4.90 Å². The maximum absolute atomic E-state index is 13.7. The van der Waals surface area contributed by atoms with Crippen LogP contribution in [-0.2, 0) is 15.6 Å². The van der Waals surface area contributed by atoms with Crippen LogP contribution in [-0.4, -0.2) is 19.5 Å². The molecule has 0 aliphatic heterocycles. The van der Waals surface area contributed by atoms with Gasteiger partial charge in [0.05, 0.1) is 11.3 Å². The number of hydrogen-bond acceptors (Lipinski definition) is 3. The van der Waals surface area contributed by atoms with E-state index < -0.39 is 43.7 Å². The van der Waals surface area contributed by atoms with Crippen molar-refractivity contribution >= 4 is 15.8 Å². The average molecular weight is 312 g/mol. The molecule has 1 N–H and O–H groups in total. The van der Waals surface area contributed by atoms with Crippen molar-refractivity contribution in [3.05, 3.63) is 65.2 Å². The number of carboxylic acid groups (broad SMARTS) is 1. The van der Waals surface area contributed by atoms with Crippen LogP contribution < -0.4 is 0 Å². The number of carbonyl (C=O) groups is 1. The highest BCUT2D eigenvalue weighted by molar-refractivity contribution is 7.90. The van der Waals surface area contributed by atoms with Crippen LogP contribution in [0.4, 0.5) is 8.78 Å². The van der Waals surface area contributed by atoms with Crippen LogP contribution in [0.25, 0.3) is 0 Å². The Bertz CT molecular complexity index is 786.